The minimum absolute atomic E-state index is 0.519. The fourth-order valence-corrected chi connectivity index (χ4v) is 0.636. The second-order valence-corrected chi connectivity index (χ2v) is 1.68. The van der Waals surface area contributed by atoms with Gasteiger partial charge in [-0.1, -0.05) is 0 Å². The smallest absolute Gasteiger partial charge is 0.176 e. The van der Waals surface area contributed by atoms with Crippen LogP contribution in [0.25, 0.3) is 0 Å². The van der Waals surface area contributed by atoms with Crippen molar-refractivity contribution in [2.75, 3.05) is 5.43 Å². The first-order valence-corrected chi connectivity index (χ1v) is 2.77. The molecule has 0 bridgehead atoms. The van der Waals surface area contributed by atoms with Crippen molar-refractivity contribution < 1.29 is 0 Å². The molecule has 0 atom stereocenters. The van der Waals surface area contributed by atoms with Crippen molar-refractivity contribution in [1.29, 1.82) is 0 Å². The van der Waals surface area contributed by atoms with Crippen LogP contribution < -0.4 is 11.3 Å². The Bertz CT molecular complexity index is 233. The number of nitrogens with one attached hydrogen (secondary N) is 1. The van der Waals surface area contributed by atoms with Gasteiger partial charge in [-0.3, -0.25) is 5.84 Å². The molecule has 0 amide bonds. The van der Waals surface area contributed by atoms with E-state index in [4.69, 9.17) is 5.84 Å². The van der Waals surface area contributed by atoms with Crippen LogP contribution >= 0.6 is 0 Å². The third-order valence-corrected chi connectivity index (χ3v) is 1.09. The lowest BCUT2D eigenvalue weighted by Gasteiger charge is -1.99. The van der Waals surface area contributed by atoms with Gasteiger partial charge < -0.3 is 5.43 Å². The number of anilines is 1. The fraction of sp³-hybridized carbons (Fsp3) is 0. The third-order valence-electron chi connectivity index (χ3n) is 1.09. The predicted molar refractivity (Wildman–Crippen MR) is 41.3 cm³/mol. The number of hydrogen-bond acceptors (Lipinski definition) is 4. The van der Waals surface area contributed by atoms with Gasteiger partial charge in [0.2, 0.25) is 0 Å². The molecule has 10 heavy (non-hydrogen) atoms. The summed E-state index contributed by atoms with van der Waals surface area (Å²) in [6.07, 6.45) is 1.63. The summed E-state index contributed by atoms with van der Waals surface area (Å²) in [4.78, 5) is 7.53. The largest absolute Gasteiger partial charge is 0.321 e. The van der Waals surface area contributed by atoms with Crippen molar-refractivity contribution in [3.8, 4) is 0 Å². The van der Waals surface area contributed by atoms with Gasteiger partial charge >= 0.3 is 0 Å². The average molecular weight is 136 g/mol. The van der Waals surface area contributed by atoms with Gasteiger partial charge in [-0.2, -0.15) is 0 Å². The van der Waals surface area contributed by atoms with E-state index in [1.807, 2.05) is 0 Å². The minimum Gasteiger partial charge on any atom is -0.321 e. The Morgan fingerprint density at radius 3 is 3.00 bits per heavy atom. The highest BCUT2D eigenvalue weighted by Crippen LogP contribution is 2.17. The van der Waals surface area contributed by atoms with Crippen LogP contribution in [0.15, 0.2) is 23.3 Å². The van der Waals surface area contributed by atoms with Crippen LogP contribution in [0.4, 0.5) is 11.5 Å². The van der Waals surface area contributed by atoms with Crippen LogP contribution in [0.5, 0.6) is 0 Å². The molecule has 4 nitrogen and oxygen atoms in total. The number of nitrogens with two attached hydrogens (primary N) is 1. The Balaban J connectivity index is 3.08. The van der Waals surface area contributed by atoms with E-state index >= 15 is 0 Å². The van der Waals surface area contributed by atoms with Crippen molar-refractivity contribution in [2.24, 2.45) is 10.8 Å². The van der Waals surface area contributed by atoms with Gasteiger partial charge in [-0.25, -0.2) is 9.98 Å². The molecule has 0 aromatic carbocycles. The molecule has 0 fully saturated rings. The Kier molecular flexibility index (Phi) is 1.96. The lowest BCUT2D eigenvalue weighted by Crippen LogP contribution is -2.06. The number of nitrogens with zero attached hydrogens (tertiary/aromatic N) is 2. The second-order valence-electron chi connectivity index (χ2n) is 1.68. The number of aromatic nitrogens is 1. The quantitative estimate of drug-likeness (QED) is 0.357. The molecule has 0 saturated carbocycles. The monoisotopic (exact) mass is 136 g/mol. The Morgan fingerprint density at radius 2 is 2.50 bits per heavy atom. The summed E-state index contributed by atoms with van der Waals surface area (Å²) in [5.41, 5.74) is 3.13. The Morgan fingerprint density at radius 1 is 1.70 bits per heavy atom. The van der Waals surface area contributed by atoms with Crippen LogP contribution in [0.2, 0.25) is 0 Å². The average Bonchev–Trinajstić information content (AvgIpc) is 2.04. The van der Waals surface area contributed by atoms with Crippen LogP contribution in [0.3, 0.4) is 0 Å². The number of aliphatic imine (C=N–C) groups is 1. The van der Waals surface area contributed by atoms with Crippen molar-refractivity contribution in [1.82, 2.24) is 4.98 Å². The summed E-state index contributed by atoms with van der Waals surface area (Å²) in [7, 11) is 0. The topological polar surface area (TPSA) is 63.3 Å². The molecule has 1 aromatic rings. The van der Waals surface area contributed by atoms with Gasteiger partial charge in [0.15, 0.2) is 5.82 Å². The summed E-state index contributed by atoms with van der Waals surface area (Å²) >= 11 is 0. The van der Waals surface area contributed by atoms with Crippen molar-refractivity contribution >= 4 is 18.2 Å². The third kappa shape index (κ3) is 1.11. The molecule has 0 aliphatic heterocycles. The van der Waals surface area contributed by atoms with Gasteiger partial charge in [0.05, 0.1) is 5.69 Å². The highest BCUT2D eigenvalue weighted by molar-refractivity contribution is 5.62. The maximum absolute atomic E-state index is 5.15. The molecule has 0 unspecified atom stereocenters. The first-order chi connectivity index (χ1) is 4.88. The molecule has 0 saturated heterocycles. The van der Waals surface area contributed by atoms with E-state index in [1.165, 1.54) is 0 Å². The molecule has 0 spiro atoms. The number of rotatable bonds is 2. The van der Waals surface area contributed by atoms with Gasteiger partial charge in [0.1, 0.15) is 0 Å². The highest BCUT2D eigenvalue weighted by atomic mass is 15.2. The number of hydrogen-bond donors (Lipinski definition) is 2. The number of hydrazine groups is 1. The predicted octanol–water partition coefficient (Wildman–Crippen LogP) is 0.699. The summed E-state index contributed by atoms with van der Waals surface area (Å²) in [6, 6.07) is 3.54. The van der Waals surface area contributed by atoms with Crippen molar-refractivity contribution in [2.45, 2.75) is 0 Å². The molecule has 0 aliphatic rings. The zero-order valence-corrected chi connectivity index (χ0v) is 5.41. The van der Waals surface area contributed by atoms with Crippen LogP contribution in [-0.4, -0.2) is 11.7 Å². The molecule has 0 aliphatic carbocycles. The summed E-state index contributed by atoms with van der Waals surface area (Å²) < 4.78 is 0. The van der Waals surface area contributed by atoms with Crippen molar-refractivity contribution in [3.63, 3.8) is 0 Å². The second kappa shape index (κ2) is 2.93. The lowest BCUT2D eigenvalue weighted by molar-refractivity contribution is 1.24. The normalized spacial score (nSPS) is 8.90. The molecule has 1 heterocycles. The molecular weight excluding hydrogens is 128 g/mol. The van der Waals surface area contributed by atoms with Gasteiger partial charge in [0, 0.05) is 6.20 Å². The Hall–Kier alpha value is -1.42. The molecule has 1 aromatic heterocycles. The van der Waals surface area contributed by atoms with E-state index in [2.05, 4.69) is 22.1 Å². The van der Waals surface area contributed by atoms with E-state index in [1.54, 1.807) is 18.3 Å². The van der Waals surface area contributed by atoms with Crippen molar-refractivity contribution in [3.05, 3.63) is 18.3 Å². The lowest BCUT2D eigenvalue weighted by atomic mass is 10.4. The molecule has 4 heteroatoms. The maximum atomic E-state index is 5.15. The maximum Gasteiger partial charge on any atom is 0.176 e. The standard InChI is InChI=1S/C6H8N4/c1-8-6-5(10-7)3-2-4-9-6/h2-4,10H,1,7H2. The summed E-state index contributed by atoms with van der Waals surface area (Å²) in [5, 5.41) is 0. The summed E-state index contributed by atoms with van der Waals surface area (Å²) in [5.74, 6) is 5.67. The summed E-state index contributed by atoms with van der Waals surface area (Å²) in [6.45, 7) is 3.33. The number of pyridine rings is 1. The first kappa shape index (κ1) is 6.70. The molecular formula is C6H8N4. The van der Waals surface area contributed by atoms with E-state index in [-0.39, 0.29) is 0 Å². The van der Waals surface area contributed by atoms with Crippen LogP contribution in [0, 0.1) is 0 Å². The van der Waals surface area contributed by atoms with Crippen LogP contribution in [0.1, 0.15) is 0 Å². The SMILES string of the molecule is C=Nc1ncccc1NN. The van der Waals surface area contributed by atoms with E-state index in [9.17, 15) is 0 Å². The van der Waals surface area contributed by atoms with Gasteiger partial charge in [0.25, 0.3) is 0 Å². The minimum atomic E-state index is 0.519. The zero-order chi connectivity index (χ0) is 7.40. The molecule has 52 valence electrons. The fourth-order valence-electron chi connectivity index (χ4n) is 0.636. The van der Waals surface area contributed by atoms with E-state index < -0.39 is 0 Å². The highest BCUT2D eigenvalue weighted by Gasteiger charge is 1.94. The van der Waals surface area contributed by atoms with E-state index in [0.717, 1.165) is 0 Å². The molecule has 3 N–H and O–H groups in total. The van der Waals surface area contributed by atoms with Gasteiger partial charge in [-0.05, 0) is 18.9 Å². The molecule has 0 radical (unpaired) electrons. The zero-order valence-electron chi connectivity index (χ0n) is 5.41. The number of nitrogen functional groups attached to an aromatic ring is 1. The van der Waals surface area contributed by atoms with E-state index in [0.29, 0.717) is 11.5 Å². The first-order valence-electron chi connectivity index (χ1n) is 2.77. The van der Waals surface area contributed by atoms with Gasteiger partial charge in [-0.15, -0.1) is 0 Å². The Labute approximate surface area is 58.8 Å². The van der Waals surface area contributed by atoms with Crippen LogP contribution in [-0.2, 0) is 0 Å². The molecule has 1 rings (SSSR count).